The topological polar surface area (TPSA) is 123 Å². The molecule has 3 rings (SSSR count). The van der Waals surface area contributed by atoms with E-state index in [2.05, 4.69) is 47.1 Å². The Kier molecular flexibility index (Phi) is 10.7. The monoisotopic (exact) mass is 644 g/mol. The second-order valence-corrected chi connectivity index (χ2v) is 10.8. The van der Waals surface area contributed by atoms with Crippen LogP contribution in [-0.2, 0) is 19.5 Å². The number of imidazole rings is 1. The average Bonchev–Trinajstić information content (AvgIpc) is 3.42. The Bertz CT molecular complexity index is 1220. The number of hydrogen-bond acceptors (Lipinski definition) is 7. The second-order valence-electron chi connectivity index (χ2n) is 7.25. The number of carbonyl (C=O) groups excluding carboxylic acids is 1. The van der Waals surface area contributed by atoms with Crippen LogP contribution in [0.15, 0.2) is 64.4 Å². The highest BCUT2D eigenvalue weighted by atomic mass is 79.9. The Labute approximate surface area is 226 Å². The van der Waals surface area contributed by atoms with E-state index in [1.807, 2.05) is 0 Å². The van der Waals surface area contributed by atoms with Crippen LogP contribution >= 0.6 is 31.9 Å². The van der Waals surface area contributed by atoms with Crippen LogP contribution in [0, 0.1) is 0 Å². The number of alkyl halides is 1. The van der Waals surface area contributed by atoms with Crippen molar-refractivity contribution in [3.05, 3.63) is 65.2 Å². The summed E-state index contributed by atoms with van der Waals surface area (Å²) >= 11 is 6.66. The Morgan fingerprint density at radius 3 is 2.44 bits per heavy atom. The van der Waals surface area contributed by atoms with Crippen LogP contribution in [0.2, 0.25) is 0 Å². The lowest BCUT2D eigenvalue weighted by atomic mass is 10.3. The molecule has 10 nitrogen and oxygen atoms in total. The SMILES string of the molecule is COc1ccc(NC(=O)c2cnc[nH]2)cc1S(=O)(=O)N(CCOCCOCCBr)c1ccc(Br)cc1. The number of benzene rings is 2. The van der Waals surface area contributed by atoms with Crippen LogP contribution in [0.4, 0.5) is 11.4 Å². The standard InChI is InChI=1S/C23H26Br2N4O6S/c1-33-21-7-4-18(28-23(30)20-15-26-16-27-20)14-22(21)36(31,32)29(19-5-2-17(25)3-6-19)9-11-35-13-12-34-10-8-24/h2-7,14-16H,8-13H2,1H3,(H,26,27)(H,28,30). The van der Waals surface area contributed by atoms with E-state index in [0.717, 1.165) is 9.80 Å². The van der Waals surface area contributed by atoms with E-state index < -0.39 is 15.9 Å². The smallest absolute Gasteiger partial charge is 0.273 e. The number of H-pyrrole nitrogens is 1. The Balaban J connectivity index is 1.87. The number of ether oxygens (including phenoxy) is 3. The molecule has 1 amide bonds. The quantitative estimate of drug-likeness (QED) is 0.200. The van der Waals surface area contributed by atoms with Gasteiger partial charge in [0.2, 0.25) is 0 Å². The normalized spacial score (nSPS) is 11.3. The average molecular weight is 646 g/mol. The van der Waals surface area contributed by atoms with E-state index in [0.29, 0.717) is 25.5 Å². The zero-order valence-corrected chi connectivity index (χ0v) is 23.4. The largest absolute Gasteiger partial charge is 0.495 e. The molecule has 0 spiro atoms. The first-order valence-electron chi connectivity index (χ1n) is 10.8. The summed E-state index contributed by atoms with van der Waals surface area (Å²) in [5.41, 5.74) is 0.972. The van der Waals surface area contributed by atoms with Crippen molar-refractivity contribution in [2.24, 2.45) is 0 Å². The number of methoxy groups -OCH3 is 1. The maximum Gasteiger partial charge on any atom is 0.273 e. The van der Waals surface area contributed by atoms with Crippen molar-refractivity contribution in [1.82, 2.24) is 9.97 Å². The molecule has 0 saturated heterocycles. The third-order valence-corrected chi connectivity index (χ3v) is 7.58. The van der Waals surface area contributed by atoms with Crippen molar-refractivity contribution >= 4 is 59.2 Å². The van der Waals surface area contributed by atoms with Crippen LogP contribution in [0.3, 0.4) is 0 Å². The van der Waals surface area contributed by atoms with Crippen LogP contribution < -0.4 is 14.4 Å². The third-order valence-electron chi connectivity index (χ3n) is 4.88. The molecule has 0 unspecified atom stereocenters. The molecule has 0 aliphatic carbocycles. The summed E-state index contributed by atoms with van der Waals surface area (Å²) in [4.78, 5) is 18.9. The molecule has 13 heteroatoms. The molecular formula is C23H26Br2N4O6S. The summed E-state index contributed by atoms with van der Waals surface area (Å²) in [7, 11) is -2.73. The van der Waals surface area contributed by atoms with Gasteiger partial charge in [-0.3, -0.25) is 9.10 Å². The van der Waals surface area contributed by atoms with Gasteiger partial charge in [-0.05, 0) is 42.5 Å². The molecule has 2 N–H and O–H groups in total. The van der Waals surface area contributed by atoms with E-state index in [-0.39, 0.29) is 35.2 Å². The predicted octanol–water partition coefficient (Wildman–Crippen LogP) is 4.06. The maximum atomic E-state index is 13.9. The number of aromatic amines is 1. The van der Waals surface area contributed by atoms with E-state index >= 15 is 0 Å². The van der Waals surface area contributed by atoms with Gasteiger partial charge in [-0.25, -0.2) is 13.4 Å². The van der Waals surface area contributed by atoms with E-state index in [1.165, 1.54) is 36.1 Å². The third kappa shape index (κ3) is 7.53. The number of anilines is 2. The molecule has 0 aliphatic rings. The molecular weight excluding hydrogens is 620 g/mol. The van der Waals surface area contributed by atoms with Crippen molar-refractivity contribution in [2.45, 2.75) is 4.90 Å². The Hall–Kier alpha value is -2.45. The number of rotatable bonds is 14. The summed E-state index contributed by atoms with van der Waals surface area (Å²) in [6.07, 6.45) is 2.75. The predicted molar refractivity (Wildman–Crippen MR) is 144 cm³/mol. The van der Waals surface area contributed by atoms with Gasteiger partial charge in [-0.15, -0.1) is 0 Å². The number of sulfonamides is 1. The summed E-state index contributed by atoms with van der Waals surface area (Å²) in [5, 5.41) is 3.40. The van der Waals surface area contributed by atoms with Crippen molar-refractivity contribution in [3.63, 3.8) is 0 Å². The second kappa shape index (κ2) is 13.7. The van der Waals surface area contributed by atoms with Gasteiger partial charge in [0.25, 0.3) is 15.9 Å². The number of halogens is 2. The fourth-order valence-corrected chi connectivity index (χ4v) is 5.30. The molecule has 0 saturated carbocycles. The number of amides is 1. The van der Waals surface area contributed by atoms with Crippen LogP contribution in [0.5, 0.6) is 5.75 Å². The Morgan fingerprint density at radius 1 is 1.08 bits per heavy atom. The molecule has 0 radical (unpaired) electrons. The maximum absolute atomic E-state index is 13.9. The Morgan fingerprint density at radius 2 is 1.81 bits per heavy atom. The van der Waals surface area contributed by atoms with Gasteiger partial charge in [0, 0.05) is 15.5 Å². The molecule has 0 bridgehead atoms. The fraction of sp³-hybridized carbons (Fsp3) is 0.304. The molecule has 1 heterocycles. The van der Waals surface area contributed by atoms with Crippen LogP contribution in [-0.4, -0.2) is 69.7 Å². The molecule has 3 aromatic rings. The van der Waals surface area contributed by atoms with Crippen LogP contribution in [0.1, 0.15) is 10.5 Å². The fourth-order valence-electron chi connectivity index (χ4n) is 3.17. The minimum Gasteiger partial charge on any atom is -0.495 e. The first-order chi connectivity index (χ1) is 17.4. The molecule has 0 atom stereocenters. The van der Waals surface area contributed by atoms with Crippen molar-refractivity contribution in [1.29, 1.82) is 0 Å². The van der Waals surface area contributed by atoms with Gasteiger partial charge in [0.15, 0.2) is 0 Å². The summed E-state index contributed by atoms with van der Waals surface area (Å²) in [5.74, 6) is -0.318. The van der Waals surface area contributed by atoms with Crippen molar-refractivity contribution in [3.8, 4) is 5.75 Å². The molecule has 0 fully saturated rings. The summed E-state index contributed by atoms with van der Waals surface area (Å²) in [6, 6.07) is 11.3. The van der Waals surface area contributed by atoms with Crippen LogP contribution in [0.25, 0.3) is 0 Å². The lowest BCUT2D eigenvalue weighted by molar-refractivity contribution is 0.0576. The molecule has 36 heavy (non-hydrogen) atoms. The number of hydrogen-bond donors (Lipinski definition) is 2. The highest BCUT2D eigenvalue weighted by molar-refractivity contribution is 9.10. The summed E-state index contributed by atoms with van der Waals surface area (Å²) < 4.78 is 46.2. The van der Waals surface area contributed by atoms with E-state index in [9.17, 15) is 13.2 Å². The minimum atomic E-state index is -4.12. The van der Waals surface area contributed by atoms with E-state index in [4.69, 9.17) is 14.2 Å². The lowest BCUT2D eigenvalue weighted by Gasteiger charge is -2.26. The first kappa shape index (κ1) is 28.1. The highest BCUT2D eigenvalue weighted by Crippen LogP contribution is 2.33. The van der Waals surface area contributed by atoms with Gasteiger partial charge in [0.05, 0.1) is 58.3 Å². The van der Waals surface area contributed by atoms with Gasteiger partial charge >= 0.3 is 0 Å². The zero-order chi connectivity index (χ0) is 26.0. The zero-order valence-electron chi connectivity index (χ0n) is 19.4. The molecule has 1 aromatic heterocycles. The van der Waals surface area contributed by atoms with E-state index in [1.54, 1.807) is 30.3 Å². The highest BCUT2D eigenvalue weighted by Gasteiger charge is 2.29. The molecule has 0 aliphatic heterocycles. The van der Waals surface area contributed by atoms with Gasteiger partial charge < -0.3 is 24.5 Å². The minimum absolute atomic E-state index is 0.0519. The number of nitrogens with one attached hydrogen (secondary N) is 2. The van der Waals surface area contributed by atoms with Crippen molar-refractivity contribution in [2.75, 3.05) is 55.0 Å². The van der Waals surface area contributed by atoms with Gasteiger partial charge in [-0.1, -0.05) is 31.9 Å². The lowest BCUT2D eigenvalue weighted by Crippen LogP contribution is -2.34. The first-order valence-corrected chi connectivity index (χ1v) is 14.2. The van der Waals surface area contributed by atoms with Crippen molar-refractivity contribution < 1.29 is 27.4 Å². The number of nitrogens with zero attached hydrogens (tertiary/aromatic N) is 2. The van der Waals surface area contributed by atoms with Gasteiger partial charge in [0.1, 0.15) is 16.3 Å². The summed E-state index contributed by atoms with van der Waals surface area (Å²) in [6.45, 7) is 1.50. The number of carbonyl (C=O) groups is 1. The number of aromatic nitrogens is 2. The molecule has 2 aromatic carbocycles. The molecule has 194 valence electrons. The van der Waals surface area contributed by atoms with Gasteiger partial charge in [-0.2, -0.15) is 0 Å².